The zero-order valence-corrected chi connectivity index (χ0v) is 19.3. The first-order valence-corrected chi connectivity index (χ1v) is 11.2. The first-order chi connectivity index (χ1) is 14.9. The summed E-state index contributed by atoms with van der Waals surface area (Å²) >= 11 is 6.39. The van der Waals surface area contributed by atoms with Crippen LogP contribution in [0.15, 0.2) is 48.5 Å². The lowest BCUT2D eigenvalue weighted by atomic mass is 9.88. The van der Waals surface area contributed by atoms with E-state index in [4.69, 9.17) is 16.3 Å². The minimum absolute atomic E-state index is 0.0126. The molecule has 2 atom stereocenters. The standard InChI is InChI=1S/C25H32ClFN2O2/c1-18(2)12-29(25(30)17-31-3)15-21-14-28(13-20-6-4-5-7-24(20)26)16-23(21)19-8-10-22(27)11-9-19/h4-11,18,21,23H,12-17H2,1-3H3/t21-,23-/m0/s1. The smallest absolute Gasteiger partial charge is 0.248 e. The fraction of sp³-hybridized carbons (Fsp3) is 0.480. The van der Waals surface area contributed by atoms with Crippen molar-refractivity contribution in [2.24, 2.45) is 11.8 Å². The van der Waals surface area contributed by atoms with Crippen molar-refractivity contribution in [1.82, 2.24) is 9.80 Å². The summed E-state index contributed by atoms with van der Waals surface area (Å²) in [5.74, 6) is 0.604. The molecule has 0 bridgehead atoms. The van der Waals surface area contributed by atoms with Crippen molar-refractivity contribution in [2.75, 3.05) is 39.9 Å². The van der Waals surface area contributed by atoms with Crippen LogP contribution in [0.25, 0.3) is 0 Å². The highest BCUT2D eigenvalue weighted by Gasteiger charge is 2.36. The molecule has 0 unspecified atom stereocenters. The van der Waals surface area contributed by atoms with Crippen molar-refractivity contribution in [3.8, 4) is 0 Å². The molecule has 1 saturated heterocycles. The van der Waals surface area contributed by atoms with Gasteiger partial charge in [0.25, 0.3) is 0 Å². The van der Waals surface area contributed by atoms with Gasteiger partial charge in [0, 0.05) is 50.8 Å². The monoisotopic (exact) mass is 446 g/mol. The number of rotatable bonds is 9. The van der Waals surface area contributed by atoms with E-state index >= 15 is 0 Å². The van der Waals surface area contributed by atoms with E-state index < -0.39 is 0 Å². The van der Waals surface area contributed by atoms with Gasteiger partial charge in [-0.25, -0.2) is 4.39 Å². The van der Waals surface area contributed by atoms with Gasteiger partial charge in [-0.15, -0.1) is 0 Å². The Balaban J connectivity index is 1.81. The fourth-order valence-electron chi connectivity index (χ4n) is 4.45. The SMILES string of the molecule is COCC(=O)N(CC(C)C)C[C@@H]1CN(Cc2ccccc2Cl)C[C@H]1c1ccc(F)cc1. The third kappa shape index (κ3) is 6.52. The summed E-state index contributed by atoms with van der Waals surface area (Å²) in [6, 6.07) is 14.7. The van der Waals surface area contributed by atoms with Crippen LogP contribution in [0.4, 0.5) is 4.39 Å². The molecular weight excluding hydrogens is 415 g/mol. The van der Waals surface area contributed by atoms with Crippen molar-refractivity contribution in [2.45, 2.75) is 26.3 Å². The average molecular weight is 447 g/mol. The van der Waals surface area contributed by atoms with Crippen LogP contribution in [0.3, 0.4) is 0 Å². The second-order valence-electron chi connectivity index (χ2n) is 8.83. The van der Waals surface area contributed by atoms with E-state index in [1.807, 2.05) is 35.2 Å². The van der Waals surface area contributed by atoms with E-state index in [0.29, 0.717) is 19.0 Å². The quantitative estimate of drug-likeness (QED) is 0.553. The van der Waals surface area contributed by atoms with Crippen LogP contribution in [0, 0.1) is 17.7 Å². The molecule has 6 heteroatoms. The average Bonchev–Trinajstić information content (AvgIpc) is 3.12. The second-order valence-corrected chi connectivity index (χ2v) is 9.24. The molecule has 1 heterocycles. The minimum atomic E-state index is -0.233. The molecule has 3 rings (SSSR count). The topological polar surface area (TPSA) is 32.8 Å². The molecular formula is C25H32ClFN2O2. The molecule has 0 saturated carbocycles. The van der Waals surface area contributed by atoms with E-state index in [-0.39, 0.29) is 30.2 Å². The highest BCUT2D eigenvalue weighted by Crippen LogP contribution is 2.35. The number of carbonyl (C=O) groups is 1. The summed E-state index contributed by atoms with van der Waals surface area (Å²) in [6.07, 6.45) is 0. The van der Waals surface area contributed by atoms with Crippen molar-refractivity contribution in [3.63, 3.8) is 0 Å². The van der Waals surface area contributed by atoms with Crippen LogP contribution in [0.1, 0.15) is 30.9 Å². The zero-order chi connectivity index (χ0) is 22.4. The van der Waals surface area contributed by atoms with Gasteiger partial charge in [-0.1, -0.05) is 55.8 Å². The van der Waals surface area contributed by atoms with Gasteiger partial charge in [0.15, 0.2) is 0 Å². The second kappa shape index (κ2) is 11.1. The molecule has 31 heavy (non-hydrogen) atoms. The normalized spacial score (nSPS) is 19.2. The van der Waals surface area contributed by atoms with E-state index in [2.05, 4.69) is 24.8 Å². The number of methoxy groups -OCH3 is 1. The lowest BCUT2D eigenvalue weighted by Crippen LogP contribution is -2.41. The number of nitrogens with zero attached hydrogens (tertiary/aromatic N) is 2. The highest BCUT2D eigenvalue weighted by molar-refractivity contribution is 6.31. The van der Waals surface area contributed by atoms with E-state index in [0.717, 1.165) is 35.8 Å². The Kier molecular flexibility index (Phi) is 8.47. The van der Waals surface area contributed by atoms with Crippen LogP contribution in [0.5, 0.6) is 0 Å². The maximum atomic E-state index is 13.5. The van der Waals surface area contributed by atoms with Gasteiger partial charge in [-0.05, 0) is 41.2 Å². The predicted molar refractivity (Wildman–Crippen MR) is 123 cm³/mol. The van der Waals surface area contributed by atoms with Gasteiger partial charge < -0.3 is 9.64 Å². The Morgan fingerprint density at radius 2 is 1.90 bits per heavy atom. The molecule has 0 N–H and O–H groups in total. The first kappa shape index (κ1) is 23.7. The molecule has 1 aliphatic heterocycles. The molecule has 2 aromatic carbocycles. The van der Waals surface area contributed by atoms with Gasteiger partial charge >= 0.3 is 0 Å². The summed E-state index contributed by atoms with van der Waals surface area (Å²) in [4.78, 5) is 17.0. The summed E-state index contributed by atoms with van der Waals surface area (Å²) in [7, 11) is 1.55. The molecule has 1 aliphatic rings. The Hall–Kier alpha value is -1.95. The molecule has 0 radical (unpaired) electrons. The number of hydrogen-bond acceptors (Lipinski definition) is 3. The number of likely N-dealkylation sites (tertiary alicyclic amines) is 1. The highest BCUT2D eigenvalue weighted by atomic mass is 35.5. The predicted octanol–water partition coefficient (Wildman–Crippen LogP) is 4.83. The van der Waals surface area contributed by atoms with Gasteiger partial charge in [-0.3, -0.25) is 9.69 Å². The van der Waals surface area contributed by atoms with Crippen molar-refractivity contribution >= 4 is 17.5 Å². The lowest BCUT2D eigenvalue weighted by molar-refractivity contribution is -0.136. The Bertz CT molecular complexity index is 859. The molecule has 0 aromatic heterocycles. The summed E-state index contributed by atoms with van der Waals surface area (Å²) in [5, 5.41) is 0.765. The largest absolute Gasteiger partial charge is 0.375 e. The number of hydrogen-bond donors (Lipinski definition) is 0. The van der Waals surface area contributed by atoms with Crippen LogP contribution in [-0.2, 0) is 16.1 Å². The number of benzene rings is 2. The molecule has 0 aliphatic carbocycles. The molecule has 1 amide bonds. The van der Waals surface area contributed by atoms with E-state index in [9.17, 15) is 9.18 Å². The van der Waals surface area contributed by atoms with Crippen molar-refractivity contribution < 1.29 is 13.9 Å². The first-order valence-electron chi connectivity index (χ1n) is 10.8. The Morgan fingerprint density at radius 3 is 2.55 bits per heavy atom. The number of carbonyl (C=O) groups excluding carboxylic acids is 1. The van der Waals surface area contributed by atoms with Crippen molar-refractivity contribution in [3.05, 3.63) is 70.5 Å². The maximum absolute atomic E-state index is 13.5. The zero-order valence-electron chi connectivity index (χ0n) is 18.6. The summed E-state index contributed by atoms with van der Waals surface area (Å²) in [5.41, 5.74) is 2.20. The maximum Gasteiger partial charge on any atom is 0.248 e. The van der Waals surface area contributed by atoms with E-state index in [1.165, 1.54) is 12.1 Å². The van der Waals surface area contributed by atoms with Gasteiger partial charge in [0.05, 0.1) is 0 Å². The summed E-state index contributed by atoms with van der Waals surface area (Å²) < 4.78 is 18.6. The lowest BCUT2D eigenvalue weighted by Gasteiger charge is -2.30. The molecule has 4 nitrogen and oxygen atoms in total. The molecule has 2 aromatic rings. The van der Waals surface area contributed by atoms with Gasteiger partial charge in [0.2, 0.25) is 5.91 Å². The van der Waals surface area contributed by atoms with Crippen LogP contribution in [0.2, 0.25) is 5.02 Å². The molecule has 1 fully saturated rings. The molecule has 0 spiro atoms. The van der Waals surface area contributed by atoms with Crippen LogP contribution in [-0.4, -0.2) is 55.6 Å². The van der Waals surface area contributed by atoms with Crippen LogP contribution >= 0.6 is 11.6 Å². The number of ether oxygens (including phenoxy) is 1. The third-order valence-electron chi connectivity index (χ3n) is 5.83. The third-order valence-corrected chi connectivity index (χ3v) is 6.20. The fourth-order valence-corrected chi connectivity index (χ4v) is 4.64. The Labute approximate surface area is 189 Å². The Morgan fingerprint density at radius 1 is 1.19 bits per heavy atom. The number of amides is 1. The van der Waals surface area contributed by atoms with Crippen LogP contribution < -0.4 is 0 Å². The minimum Gasteiger partial charge on any atom is -0.375 e. The van der Waals surface area contributed by atoms with E-state index in [1.54, 1.807) is 7.11 Å². The van der Waals surface area contributed by atoms with Gasteiger partial charge in [0.1, 0.15) is 12.4 Å². The van der Waals surface area contributed by atoms with Gasteiger partial charge in [-0.2, -0.15) is 0 Å². The van der Waals surface area contributed by atoms with Crippen molar-refractivity contribution in [1.29, 1.82) is 0 Å². The summed E-state index contributed by atoms with van der Waals surface area (Å²) in [6.45, 7) is 8.11. The molecule has 168 valence electrons. The number of halogens is 2.